The summed E-state index contributed by atoms with van der Waals surface area (Å²) in [6, 6.07) is 8.58. The van der Waals surface area contributed by atoms with Crippen molar-refractivity contribution in [3.63, 3.8) is 0 Å². The average Bonchev–Trinajstić information content (AvgIpc) is 2.68. The minimum absolute atomic E-state index is 0.0806. The highest BCUT2D eigenvalue weighted by Crippen LogP contribution is 2.23. The van der Waals surface area contributed by atoms with E-state index in [1.807, 2.05) is 7.05 Å². The van der Waals surface area contributed by atoms with Crippen LogP contribution in [0.4, 0.5) is 5.82 Å². The Morgan fingerprint density at radius 2 is 1.92 bits per heavy atom. The minimum atomic E-state index is -0.0806. The first-order valence-electron chi connectivity index (χ1n) is 9.29. The normalized spacial score (nSPS) is 21.3. The number of amides is 1. The first-order valence-corrected chi connectivity index (χ1v) is 9.29. The number of piperidine rings is 1. The summed E-state index contributed by atoms with van der Waals surface area (Å²) in [6.45, 7) is 2.62. The standard InChI is InChI=1S/C20H25N5O/c1-24-14-16-5-3-2-4-15(16)12-18(24)20(26)23-17-6-10-25(11-7-17)19-13-21-8-9-22-19/h2-5,8-9,13,17-18H,6-7,10-12,14H2,1H3,(H,23,26)/t18-/m1/s1. The van der Waals surface area contributed by atoms with Gasteiger partial charge in [-0.05, 0) is 37.4 Å². The lowest BCUT2D eigenvalue weighted by atomic mass is 9.93. The molecule has 0 spiro atoms. The molecule has 1 N–H and O–H groups in total. The molecule has 6 nitrogen and oxygen atoms in total. The first kappa shape index (κ1) is 17.0. The van der Waals surface area contributed by atoms with Crippen LogP contribution in [0.15, 0.2) is 42.9 Å². The Labute approximate surface area is 154 Å². The van der Waals surface area contributed by atoms with Crippen LogP contribution in [0.25, 0.3) is 0 Å². The second-order valence-corrected chi connectivity index (χ2v) is 7.24. The van der Waals surface area contributed by atoms with Crippen molar-refractivity contribution >= 4 is 11.7 Å². The van der Waals surface area contributed by atoms with Gasteiger partial charge in [-0.2, -0.15) is 0 Å². The minimum Gasteiger partial charge on any atom is -0.355 e. The second kappa shape index (κ2) is 7.41. The second-order valence-electron chi connectivity index (χ2n) is 7.24. The van der Waals surface area contributed by atoms with Gasteiger partial charge in [-0.15, -0.1) is 0 Å². The van der Waals surface area contributed by atoms with E-state index >= 15 is 0 Å². The Hall–Kier alpha value is -2.47. The predicted molar refractivity (Wildman–Crippen MR) is 101 cm³/mol. The Balaban J connectivity index is 1.33. The molecule has 0 radical (unpaired) electrons. The molecule has 3 heterocycles. The third kappa shape index (κ3) is 3.55. The fourth-order valence-electron chi connectivity index (χ4n) is 3.95. The van der Waals surface area contributed by atoms with Crippen molar-refractivity contribution in [2.75, 3.05) is 25.0 Å². The van der Waals surface area contributed by atoms with E-state index in [1.54, 1.807) is 18.6 Å². The lowest BCUT2D eigenvalue weighted by Crippen LogP contribution is -2.53. The van der Waals surface area contributed by atoms with E-state index in [1.165, 1.54) is 11.1 Å². The molecule has 0 aliphatic carbocycles. The summed E-state index contributed by atoms with van der Waals surface area (Å²) in [5.74, 6) is 1.07. The van der Waals surface area contributed by atoms with Gasteiger partial charge in [0.1, 0.15) is 5.82 Å². The third-order valence-electron chi connectivity index (χ3n) is 5.50. The molecule has 2 aliphatic rings. The zero-order valence-corrected chi connectivity index (χ0v) is 15.1. The Bertz CT molecular complexity index is 758. The molecule has 0 saturated carbocycles. The number of carbonyl (C=O) groups excluding carboxylic acids is 1. The van der Waals surface area contributed by atoms with Crippen molar-refractivity contribution in [3.8, 4) is 0 Å². The van der Waals surface area contributed by atoms with Crippen molar-refractivity contribution in [1.29, 1.82) is 0 Å². The van der Waals surface area contributed by atoms with Crippen LogP contribution < -0.4 is 10.2 Å². The van der Waals surface area contributed by atoms with Gasteiger partial charge in [-0.3, -0.25) is 14.7 Å². The van der Waals surface area contributed by atoms with Crippen molar-refractivity contribution < 1.29 is 4.79 Å². The summed E-state index contributed by atoms with van der Waals surface area (Å²) < 4.78 is 0. The molecular formula is C20H25N5O. The number of fused-ring (bicyclic) bond motifs is 1. The monoisotopic (exact) mass is 351 g/mol. The van der Waals surface area contributed by atoms with Gasteiger partial charge < -0.3 is 10.2 Å². The number of hydrogen-bond donors (Lipinski definition) is 1. The highest BCUT2D eigenvalue weighted by atomic mass is 16.2. The van der Waals surface area contributed by atoms with Crippen molar-refractivity contribution in [1.82, 2.24) is 20.2 Å². The number of anilines is 1. The molecule has 1 saturated heterocycles. The molecule has 1 aromatic heterocycles. The van der Waals surface area contributed by atoms with Crippen molar-refractivity contribution in [3.05, 3.63) is 54.0 Å². The van der Waals surface area contributed by atoms with Crippen molar-refractivity contribution in [2.24, 2.45) is 0 Å². The number of benzene rings is 1. The van der Waals surface area contributed by atoms with Gasteiger partial charge in [-0.1, -0.05) is 24.3 Å². The van der Waals surface area contributed by atoms with Gasteiger partial charge in [0.25, 0.3) is 0 Å². The van der Waals surface area contributed by atoms with E-state index in [2.05, 4.69) is 49.4 Å². The Morgan fingerprint density at radius 3 is 2.65 bits per heavy atom. The van der Waals surface area contributed by atoms with E-state index in [9.17, 15) is 4.79 Å². The SMILES string of the molecule is CN1Cc2ccccc2C[C@@H]1C(=O)NC1CCN(c2cnccn2)CC1. The highest BCUT2D eigenvalue weighted by molar-refractivity contribution is 5.82. The maximum absolute atomic E-state index is 12.8. The maximum atomic E-state index is 12.8. The van der Waals surface area contributed by atoms with Crippen LogP contribution in [0.5, 0.6) is 0 Å². The third-order valence-corrected chi connectivity index (χ3v) is 5.50. The first-order chi connectivity index (χ1) is 12.7. The average molecular weight is 351 g/mol. The van der Waals surface area contributed by atoms with Crippen LogP contribution in [-0.4, -0.2) is 53.0 Å². The molecule has 26 heavy (non-hydrogen) atoms. The number of carbonyl (C=O) groups is 1. The van der Waals surface area contributed by atoms with E-state index < -0.39 is 0 Å². The van der Waals surface area contributed by atoms with Crippen LogP contribution in [-0.2, 0) is 17.8 Å². The maximum Gasteiger partial charge on any atom is 0.237 e. The summed E-state index contributed by atoms with van der Waals surface area (Å²) in [5, 5.41) is 3.28. The number of nitrogens with zero attached hydrogens (tertiary/aromatic N) is 4. The van der Waals surface area contributed by atoms with Gasteiger partial charge in [0.2, 0.25) is 5.91 Å². The summed E-state index contributed by atoms with van der Waals surface area (Å²) in [5.41, 5.74) is 2.62. The Morgan fingerprint density at radius 1 is 1.15 bits per heavy atom. The number of nitrogens with one attached hydrogen (secondary N) is 1. The number of likely N-dealkylation sites (N-methyl/N-ethyl adjacent to an activating group) is 1. The summed E-state index contributed by atoms with van der Waals surface area (Å²) in [7, 11) is 2.04. The van der Waals surface area contributed by atoms with Crippen LogP contribution in [0.1, 0.15) is 24.0 Å². The molecule has 136 valence electrons. The zero-order valence-electron chi connectivity index (χ0n) is 15.1. The quantitative estimate of drug-likeness (QED) is 0.910. The lowest BCUT2D eigenvalue weighted by Gasteiger charge is -2.36. The molecule has 2 aliphatic heterocycles. The van der Waals surface area contributed by atoms with E-state index in [0.29, 0.717) is 0 Å². The molecule has 1 aromatic carbocycles. The van der Waals surface area contributed by atoms with Crippen LogP contribution in [0.3, 0.4) is 0 Å². The summed E-state index contributed by atoms with van der Waals surface area (Å²) >= 11 is 0. The van der Waals surface area contributed by atoms with E-state index in [-0.39, 0.29) is 18.0 Å². The van der Waals surface area contributed by atoms with Crippen LogP contribution in [0, 0.1) is 0 Å². The van der Waals surface area contributed by atoms with Gasteiger partial charge in [0, 0.05) is 38.1 Å². The molecule has 2 aromatic rings. The number of aromatic nitrogens is 2. The van der Waals surface area contributed by atoms with Gasteiger partial charge in [0.05, 0.1) is 12.2 Å². The molecular weight excluding hydrogens is 326 g/mol. The van der Waals surface area contributed by atoms with Crippen LogP contribution in [0.2, 0.25) is 0 Å². The van der Waals surface area contributed by atoms with Gasteiger partial charge in [-0.25, -0.2) is 4.98 Å². The smallest absolute Gasteiger partial charge is 0.237 e. The number of hydrogen-bond acceptors (Lipinski definition) is 5. The summed E-state index contributed by atoms with van der Waals surface area (Å²) in [4.78, 5) is 25.7. The molecule has 1 fully saturated rings. The van der Waals surface area contributed by atoms with Gasteiger partial charge in [0.15, 0.2) is 0 Å². The highest BCUT2D eigenvalue weighted by Gasteiger charge is 2.31. The van der Waals surface area contributed by atoms with Gasteiger partial charge >= 0.3 is 0 Å². The molecule has 0 unspecified atom stereocenters. The predicted octanol–water partition coefficient (Wildman–Crippen LogP) is 1.62. The molecule has 6 heteroatoms. The zero-order chi connectivity index (χ0) is 17.9. The van der Waals surface area contributed by atoms with E-state index in [0.717, 1.165) is 44.7 Å². The molecule has 0 bridgehead atoms. The largest absolute Gasteiger partial charge is 0.355 e. The number of rotatable bonds is 3. The fourth-order valence-corrected chi connectivity index (χ4v) is 3.95. The van der Waals surface area contributed by atoms with Crippen molar-refractivity contribution in [2.45, 2.75) is 37.9 Å². The molecule has 4 rings (SSSR count). The molecule has 1 amide bonds. The van der Waals surface area contributed by atoms with Crippen LogP contribution >= 0.6 is 0 Å². The fraction of sp³-hybridized carbons (Fsp3) is 0.450. The summed E-state index contributed by atoms with van der Waals surface area (Å²) in [6.07, 6.45) is 7.88. The topological polar surface area (TPSA) is 61.4 Å². The van der Waals surface area contributed by atoms with E-state index in [4.69, 9.17) is 0 Å². The molecule has 1 atom stereocenters. The lowest BCUT2D eigenvalue weighted by molar-refractivity contribution is -0.127. The Kier molecular flexibility index (Phi) is 4.84.